The molecule has 1 aliphatic heterocycles. The van der Waals surface area contributed by atoms with E-state index in [4.69, 9.17) is 0 Å². The second-order valence-corrected chi connectivity index (χ2v) is 16.0. The molecule has 1 aliphatic rings. The minimum absolute atomic E-state index is 0.724. The predicted molar refractivity (Wildman–Crippen MR) is 80.5 cm³/mol. The van der Waals surface area contributed by atoms with Crippen LogP contribution in [0.5, 0.6) is 0 Å². The normalized spacial score (nSPS) is 23.7. The number of para-hydroxylation sites is 1. The van der Waals surface area contributed by atoms with Gasteiger partial charge in [-0.1, -0.05) is 18.2 Å². The quantitative estimate of drug-likeness (QED) is 0.793. The standard InChI is InChI=1S/C11H21N3Si3/c1-13-16(2,3)12-15-14(17(13,4)5)11-9-7-6-8-10-11/h6-10,12H,1-5H3. The van der Waals surface area contributed by atoms with Crippen molar-refractivity contribution in [1.29, 1.82) is 0 Å². The van der Waals surface area contributed by atoms with Crippen LogP contribution < -0.4 is 8.88 Å². The van der Waals surface area contributed by atoms with Crippen molar-refractivity contribution < 1.29 is 0 Å². The average Bonchev–Trinajstić information content (AvgIpc) is 2.27. The first-order valence-corrected chi connectivity index (χ1v) is 12.8. The van der Waals surface area contributed by atoms with Crippen molar-refractivity contribution in [3.05, 3.63) is 30.3 Å². The fourth-order valence-electron chi connectivity index (χ4n) is 2.20. The topological polar surface area (TPSA) is 18.5 Å². The molecule has 6 heteroatoms. The fraction of sp³-hybridized carbons (Fsp3) is 0.455. The molecule has 2 radical (unpaired) electrons. The van der Waals surface area contributed by atoms with Crippen LogP contribution in [0.25, 0.3) is 0 Å². The highest BCUT2D eigenvalue weighted by Gasteiger charge is 2.47. The van der Waals surface area contributed by atoms with Crippen molar-refractivity contribution in [2.45, 2.75) is 26.2 Å². The molecule has 1 heterocycles. The van der Waals surface area contributed by atoms with Gasteiger partial charge in [-0.2, -0.15) is 0 Å². The lowest BCUT2D eigenvalue weighted by Gasteiger charge is -2.55. The molecule has 17 heavy (non-hydrogen) atoms. The van der Waals surface area contributed by atoms with Crippen molar-refractivity contribution in [1.82, 2.24) is 8.88 Å². The number of hydrogen-bond acceptors (Lipinski definition) is 3. The van der Waals surface area contributed by atoms with Crippen molar-refractivity contribution in [2.75, 3.05) is 11.3 Å². The molecule has 0 aromatic heterocycles. The maximum Gasteiger partial charge on any atom is 0.273 e. The highest BCUT2D eigenvalue weighted by atomic mass is 28.5. The summed E-state index contributed by atoms with van der Waals surface area (Å²) in [6.45, 7) is 9.69. The van der Waals surface area contributed by atoms with Crippen LogP contribution in [0.4, 0.5) is 5.69 Å². The molecular formula is C11H21N3Si3. The van der Waals surface area contributed by atoms with Gasteiger partial charge in [-0.05, 0) is 45.4 Å². The first-order valence-electron chi connectivity index (χ1n) is 5.98. The van der Waals surface area contributed by atoms with Gasteiger partial charge < -0.3 is 13.1 Å². The van der Waals surface area contributed by atoms with Crippen LogP contribution in [-0.2, 0) is 0 Å². The van der Waals surface area contributed by atoms with Gasteiger partial charge in [-0.25, -0.2) is 0 Å². The molecule has 0 amide bonds. The Morgan fingerprint density at radius 3 is 2.24 bits per heavy atom. The summed E-state index contributed by atoms with van der Waals surface area (Å²) in [7, 11) is 0.111. The Hall–Kier alpha value is -0.409. The number of nitrogens with one attached hydrogen (secondary N) is 1. The third-order valence-corrected chi connectivity index (χ3v) is 17.0. The van der Waals surface area contributed by atoms with E-state index in [1.54, 1.807) is 0 Å². The minimum Gasteiger partial charge on any atom is -0.401 e. The second-order valence-electron chi connectivity index (χ2n) is 5.52. The van der Waals surface area contributed by atoms with Crippen molar-refractivity contribution in [2.24, 2.45) is 0 Å². The molecule has 0 spiro atoms. The molecule has 0 bridgehead atoms. The molecule has 1 N–H and O–H groups in total. The molecule has 1 aromatic rings. The molecule has 1 saturated heterocycles. The van der Waals surface area contributed by atoms with E-state index in [1.807, 2.05) is 0 Å². The number of benzene rings is 1. The Bertz CT molecular complexity index is 394. The molecule has 2 rings (SSSR count). The summed E-state index contributed by atoms with van der Waals surface area (Å²) in [5.74, 6) is 0. The monoisotopic (exact) mass is 279 g/mol. The molecule has 0 saturated carbocycles. The maximum absolute atomic E-state index is 3.77. The van der Waals surface area contributed by atoms with Gasteiger partial charge >= 0.3 is 0 Å². The van der Waals surface area contributed by atoms with Gasteiger partial charge in [0.15, 0.2) is 8.40 Å². The Balaban J connectivity index is 2.33. The zero-order valence-electron chi connectivity index (χ0n) is 11.3. The lowest BCUT2D eigenvalue weighted by Crippen LogP contribution is -2.81. The third kappa shape index (κ3) is 2.27. The smallest absolute Gasteiger partial charge is 0.273 e. The summed E-state index contributed by atoms with van der Waals surface area (Å²) in [5.41, 5.74) is 1.35. The summed E-state index contributed by atoms with van der Waals surface area (Å²) in [6.07, 6.45) is 0. The first-order chi connectivity index (χ1) is 7.86. The van der Waals surface area contributed by atoms with E-state index < -0.39 is 16.8 Å². The summed E-state index contributed by atoms with van der Waals surface area (Å²) in [4.78, 5) is 0. The van der Waals surface area contributed by atoms with Crippen LogP contribution in [0.15, 0.2) is 30.3 Å². The van der Waals surface area contributed by atoms with E-state index in [1.165, 1.54) is 5.69 Å². The van der Waals surface area contributed by atoms with Gasteiger partial charge in [-0.3, -0.25) is 0 Å². The van der Waals surface area contributed by atoms with Crippen molar-refractivity contribution in [3.8, 4) is 0 Å². The zero-order valence-corrected chi connectivity index (χ0v) is 14.3. The van der Waals surface area contributed by atoms with Crippen LogP contribution in [0.3, 0.4) is 0 Å². The molecular weight excluding hydrogens is 258 g/mol. The number of anilines is 1. The van der Waals surface area contributed by atoms with Crippen LogP contribution in [0.1, 0.15) is 0 Å². The molecule has 1 aromatic carbocycles. The van der Waals surface area contributed by atoms with Gasteiger partial charge in [0.1, 0.15) is 0 Å². The van der Waals surface area contributed by atoms with Crippen molar-refractivity contribution >= 4 is 32.3 Å². The van der Waals surface area contributed by atoms with Gasteiger partial charge in [-0.15, -0.1) is 0 Å². The highest BCUT2D eigenvalue weighted by molar-refractivity contribution is 7.01. The number of hydrogen-bond donors (Lipinski definition) is 1. The van der Waals surface area contributed by atoms with Gasteiger partial charge in [0, 0.05) is 5.69 Å². The molecule has 0 unspecified atom stereocenters. The maximum atomic E-state index is 3.77. The zero-order chi connectivity index (χ0) is 12.7. The van der Waals surface area contributed by atoms with Crippen LogP contribution in [-0.4, -0.2) is 37.9 Å². The highest BCUT2D eigenvalue weighted by Crippen LogP contribution is 2.27. The lowest BCUT2D eigenvalue weighted by molar-refractivity contribution is 0.720. The SMILES string of the molecule is CN1[Si](C)(C)N[Si]N(c2ccccc2)[Si]1(C)C. The molecule has 1 fully saturated rings. The summed E-state index contributed by atoms with van der Waals surface area (Å²) in [5, 5.41) is 0. The van der Waals surface area contributed by atoms with E-state index in [0.29, 0.717) is 0 Å². The largest absolute Gasteiger partial charge is 0.401 e. The Labute approximate surface area is 109 Å². The predicted octanol–water partition coefficient (Wildman–Crippen LogP) is 1.97. The summed E-state index contributed by atoms with van der Waals surface area (Å²) < 4.78 is 9.01. The van der Waals surface area contributed by atoms with E-state index in [9.17, 15) is 0 Å². The van der Waals surface area contributed by atoms with E-state index in [2.05, 4.69) is 76.7 Å². The molecule has 0 aliphatic carbocycles. The van der Waals surface area contributed by atoms with Crippen LogP contribution in [0, 0.1) is 0 Å². The van der Waals surface area contributed by atoms with Gasteiger partial charge in [0.25, 0.3) is 9.84 Å². The summed E-state index contributed by atoms with van der Waals surface area (Å²) in [6, 6.07) is 10.8. The van der Waals surface area contributed by atoms with E-state index in [0.717, 1.165) is 9.84 Å². The molecule has 92 valence electrons. The molecule has 0 atom stereocenters. The van der Waals surface area contributed by atoms with E-state index in [-0.39, 0.29) is 0 Å². The Kier molecular flexibility index (Phi) is 3.34. The third-order valence-electron chi connectivity index (χ3n) is 3.69. The van der Waals surface area contributed by atoms with Gasteiger partial charge in [0.2, 0.25) is 8.40 Å². The van der Waals surface area contributed by atoms with Crippen molar-refractivity contribution in [3.63, 3.8) is 0 Å². The average molecular weight is 280 g/mol. The van der Waals surface area contributed by atoms with E-state index >= 15 is 0 Å². The number of rotatable bonds is 1. The summed E-state index contributed by atoms with van der Waals surface area (Å²) >= 11 is 0. The fourth-order valence-corrected chi connectivity index (χ4v) is 14.4. The van der Waals surface area contributed by atoms with Crippen LogP contribution >= 0.6 is 0 Å². The van der Waals surface area contributed by atoms with Gasteiger partial charge in [0.05, 0.1) is 0 Å². The lowest BCUT2D eigenvalue weighted by atomic mass is 10.3. The number of nitrogens with zero attached hydrogens (tertiary/aromatic N) is 2. The molecule has 3 nitrogen and oxygen atoms in total. The Morgan fingerprint density at radius 2 is 1.65 bits per heavy atom. The Morgan fingerprint density at radius 1 is 1.06 bits per heavy atom. The second kappa shape index (κ2) is 4.36. The van der Waals surface area contributed by atoms with Crippen LogP contribution in [0.2, 0.25) is 26.2 Å². The first kappa shape index (κ1) is 13.0. The minimum atomic E-state index is -1.52.